The molecule has 3 rings (SSSR count). The van der Waals surface area contributed by atoms with E-state index in [0.29, 0.717) is 38.0 Å². The maximum Gasteiger partial charge on any atom is 0.317 e. The first kappa shape index (κ1) is 15.1. The molecule has 6 nitrogen and oxygen atoms in total. The number of hydrogen-bond donors (Lipinski definition) is 1. The number of amides is 2. The number of rotatable bonds is 4. The van der Waals surface area contributed by atoms with Crippen LogP contribution in [-0.2, 0) is 10.0 Å². The first-order chi connectivity index (χ1) is 9.95. The van der Waals surface area contributed by atoms with Crippen LogP contribution in [-0.4, -0.2) is 61.6 Å². The van der Waals surface area contributed by atoms with Gasteiger partial charge in [-0.1, -0.05) is 6.92 Å². The fraction of sp³-hybridized carbons (Fsp3) is 0.929. The molecule has 2 aliphatic heterocycles. The summed E-state index contributed by atoms with van der Waals surface area (Å²) >= 11 is 0. The van der Waals surface area contributed by atoms with E-state index in [1.807, 2.05) is 0 Å². The van der Waals surface area contributed by atoms with Gasteiger partial charge in [0.05, 0.1) is 5.75 Å². The van der Waals surface area contributed by atoms with Gasteiger partial charge in [0.1, 0.15) is 0 Å². The van der Waals surface area contributed by atoms with Gasteiger partial charge in [0.15, 0.2) is 0 Å². The molecule has 1 aliphatic carbocycles. The molecule has 3 aliphatic rings. The SMILES string of the molecule is CC1CC(CS(=O)(=O)N2CCCC(N3CCNC3=O)C2)C1. The summed E-state index contributed by atoms with van der Waals surface area (Å²) in [6, 6.07) is -0.0107. The summed E-state index contributed by atoms with van der Waals surface area (Å²) in [5.74, 6) is 1.30. The van der Waals surface area contributed by atoms with Crippen molar-refractivity contribution in [2.45, 2.75) is 38.6 Å². The third kappa shape index (κ3) is 3.18. The second-order valence-corrected chi connectivity index (χ2v) is 8.81. The van der Waals surface area contributed by atoms with E-state index >= 15 is 0 Å². The highest BCUT2D eigenvalue weighted by atomic mass is 32.2. The van der Waals surface area contributed by atoms with Crippen molar-refractivity contribution < 1.29 is 13.2 Å². The van der Waals surface area contributed by atoms with Crippen LogP contribution >= 0.6 is 0 Å². The molecule has 2 heterocycles. The fourth-order valence-corrected chi connectivity index (χ4v) is 5.76. The van der Waals surface area contributed by atoms with Crippen molar-refractivity contribution in [1.29, 1.82) is 0 Å². The van der Waals surface area contributed by atoms with Gasteiger partial charge in [-0.05, 0) is 37.5 Å². The molecule has 7 heteroatoms. The lowest BCUT2D eigenvalue weighted by Crippen LogP contribution is -2.51. The Morgan fingerprint density at radius 1 is 1.29 bits per heavy atom. The van der Waals surface area contributed by atoms with Crippen molar-refractivity contribution in [3.05, 3.63) is 0 Å². The number of carbonyl (C=O) groups is 1. The van der Waals surface area contributed by atoms with Crippen LogP contribution in [0.5, 0.6) is 0 Å². The van der Waals surface area contributed by atoms with E-state index in [-0.39, 0.29) is 17.8 Å². The minimum Gasteiger partial charge on any atom is -0.336 e. The van der Waals surface area contributed by atoms with Crippen LogP contribution in [0.25, 0.3) is 0 Å². The van der Waals surface area contributed by atoms with Gasteiger partial charge in [-0.25, -0.2) is 13.2 Å². The Balaban J connectivity index is 1.61. The maximum absolute atomic E-state index is 12.5. The molecular weight excluding hydrogens is 290 g/mol. The molecule has 2 saturated heterocycles. The van der Waals surface area contributed by atoms with Crippen LogP contribution in [0.3, 0.4) is 0 Å². The van der Waals surface area contributed by atoms with Crippen molar-refractivity contribution in [3.8, 4) is 0 Å². The normalized spacial score (nSPS) is 34.6. The Hall–Kier alpha value is -0.820. The van der Waals surface area contributed by atoms with Crippen LogP contribution in [0.4, 0.5) is 4.79 Å². The summed E-state index contributed by atoms with van der Waals surface area (Å²) in [5, 5.41) is 2.79. The van der Waals surface area contributed by atoms with Crippen LogP contribution in [0.2, 0.25) is 0 Å². The van der Waals surface area contributed by atoms with Crippen molar-refractivity contribution >= 4 is 16.1 Å². The van der Waals surface area contributed by atoms with E-state index in [9.17, 15) is 13.2 Å². The average molecular weight is 315 g/mol. The number of nitrogens with one attached hydrogen (secondary N) is 1. The monoisotopic (exact) mass is 315 g/mol. The number of nitrogens with zero attached hydrogens (tertiary/aromatic N) is 2. The second-order valence-electron chi connectivity index (χ2n) is 6.80. The third-order valence-electron chi connectivity index (χ3n) is 5.00. The Bertz CT molecular complexity index is 502. The van der Waals surface area contributed by atoms with Gasteiger partial charge in [-0.15, -0.1) is 0 Å². The van der Waals surface area contributed by atoms with Gasteiger partial charge in [-0.3, -0.25) is 0 Å². The molecule has 1 unspecified atom stereocenters. The Kier molecular flexibility index (Phi) is 4.14. The molecule has 0 bridgehead atoms. The number of urea groups is 1. The number of sulfonamides is 1. The molecule has 0 aromatic carbocycles. The predicted molar refractivity (Wildman–Crippen MR) is 80.4 cm³/mol. The van der Waals surface area contributed by atoms with Crippen molar-refractivity contribution in [2.75, 3.05) is 31.9 Å². The molecule has 2 amide bonds. The summed E-state index contributed by atoms with van der Waals surface area (Å²) in [6.45, 7) is 4.61. The number of piperidine rings is 1. The van der Waals surface area contributed by atoms with E-state index in [1.54, 1.807) is 9.21 Å². The van der Waals surface area contributed by atoms with Crippen molar-refractivity contribution in [1.82, 2.24) is 14.5 Å². The minimum absolute atomic E-state index is 0.0383. The minimum atomic E-state index is -3.17. The fourth-order valence-electron chi connectivity index (χ4n) is 3.87. The lowest BCUT2D eigenvalue weighted by Gasteiger charge is -2.38. The lowest BCUT2D eigenvalue weighted by atomic mass is 9.77. The summed E-state index contributed by atoms with van der Waals surface area (Å²) in [6.07, 6.45) is 3.81. The number of hydrogen-bond acceptors (Lipinski definition) is 3. The smallest absolute Gasteiger partial charge is 0.317 e. The highest BCUT2D eigenvalue weighted by molar-refractivity contribution is 7.89. The molecule has 1 saturated carbocycles. The molecule has 0 aromatic heterocycles. The molecular formula is C14H25N3O3S. The number of carbonyl (C=O) groups excluding carboxylic acids is 1. The third-order valence-corrected chi connectivity index (χ3v) is 7.01. The highest BCUT2D eigenvalue weighted by Gasteiger charge is 2.37. The Morgan fingerprint density at radius 3 is 2.67 bits per heavy atom. The predicted octanol–water partition coefficient (Wildman–Crippen LogP) is 0.852. The standard InChI is InChI=1S/C14H25N3O3S/c1-11-7-12(8-11)10-21(19,20)16-5-2-3-13(9-16)17-6-4-15-14(17)18/h11-13H,2-10H2,1H3,(H,15,18). The molecule has 1 N–H and O–H groups in total. The molecule has 0 radical (unpaired) electrons. The van der Waals surface area contributed by atoms with Crippen LogP contribution in [0, 0.1) is 11.8 Å². The summed E-state index contributed by atoms with van der Waals surface area (Å²) in [4.78, 5) is 13.5. The van der Waals surface area contributed by atoms with Gasteiger partial charge in [0.2, 0.25) is 10.0 Å². The van der Waals surface area contributed by atoms with Crippen LogP contribution in [0.1, 0.15) is 32.6 Å². The topological polar surface area (TPSA) is 69.7 Å². The Labute approximate surface area is 126 Å². The van der Waals surface area contributed by atoms with E-state index in [4.69, 9.17) is 0 Å². The maximum atomic E-state index is 12.5. The van der Waals surface area contributed by atoms with E-state index in [2.05, 4.69) is 12.2 Å². The van der Waals surface area contributed by atoms with Crippen molar-refractivity contribution in [3.63, 3.8) is 0 Å². The zero-order valence-electron chi connectivity index (χ0n) is 12.6. The van der Waals surface area contributed by atoms with E-state index in [0.717, 1.165) is 25.7 Å². The van der Waals surface area contributed by atoms with Gasteiger partial charge in [-0.2, -0.15) is 4.31 Å². The van der Waals surface area contributed by atoms with Crippen LogP contribution < -0.4 is 5.32 Å². The molecule has 120 valence electrons. The highest BCUT2D eigenvalue weighted by Crippen LogP contribution is 2.35. The average Bonchev–Trinajstić information content (AvgIpc) is 2.83. The van der Waals surface area contributed by atoms with Gasteiger partial charge in [0.25, 0.3) is 0 Å². The first-order valence-electron chi connectivity index (χ1n) is 7.98. The molecule has 0 aromatic rings. The van der Waals surface area contributed by atoms with E-state index < -0.39 is 10.0 Å². The van der Waals surface area contributed by atoms with Crippen molar-refractivity contribution in [2.24, 2.45) is 11.8 Å². The van der Waals surface area contributed by atoms with E-state index in [1.165, 1.54) is 0 Å². The quantitative estimate of drug-likeness (QED) is 0.836. The lowest BCUT2D eigenvalue weighted by molar-refractivity contribution is 0.162. The summed E-state index contributed by atoms with van der Waals surface area (Å²) in [5.41, 5.74) is 0. The molecule has 0 spiro atoms. The summed E-state index contributed by atoms with van der Waals surface area (Å²) < 4.78 is 26.7. The first-order valence-corrected chi connectivity index (χ1v) is 9.59. The van der Waals surface area contributed by atoms with Gasteiger partial charge >= 0.3 is 6.03 Å². The molecule has 3 fully saturated rings. The molecule has 1 atom stereocenters. The van der Waals surface area contributed by atoms with Gasteiger partial charge < -0.3 is 10.2 Å². The van der Waals surface area contributed by atoms with Crippen LogP contribution in [0.15, 0.2) is 0 Å². The second kappa shape index (κ2) is 5.76. The van der Waals surface area contributed by atoms with Gasteiger partial charge in [0, 0.05) is 32.2 Å². The Morgan fingerprint density at radius 2 is 2.05 bits per heavy atom. The largest absolute Gasteiger partial charge is 0.336 e. The zero-order chi connectivity index (χ0) is 15.0. The summed E-state index contributed by atoms with van der Waals surface area (Å²) in [7, 11) is -3.17. The zero-order valence-corrected chi connectivity index (χ0v) is 13.4. The molecule has 21 heavy (non-hydrogen) atoms.